The summed E-state index contributed by atoms with van der Waals surface area (Å²) in [5.74, 6) is 0.238. The van der Waals surface area contributed by atoms with Crippen molar-refractivity contribution in [1.82, 2.24) is 4.90 Å². The molecule has 1 amide bonds. The minimum absolute atomic E-state index is 0.307. The number of carbonyl (C=O) groups is 2. The molecule has 23 heavy (non-hydrogen) atoms. The molecule has 0 aromatic rings. The molecule has 0 atom stereocenters. The summed E-state index contributed by atoms with van der Waals surface area (Å²) in [6, 6.07) is 0. The highest BCUT2D eigenvalue weighted by atomic mass is 32.2. The Hall–Kier alpha value is -1.69. The Labute approximate surface area is 141 Å². The molecule has 0 bridgehead atoms. The van der Waals surface area contributed by atoms with Gasteiger partial charge in [0.1, 0.15) is 11.2 Å². The molecular formula is C17H23NO4S. The molecule has 0 radical (unpaired) electrons. The number of esters is 1. The van der Waals surface area contributed by atoms with E-state index in [1.807, 2.05) is 41.5 Å². The number of thioether (sulfide) groups is 1. The molecule has 0 unspecified atom stereocenters. The lowest BCUT2D eigenvalue weighted by Crippen LogP contribution is -2.31. The van der Waals surface area contributed by atoms with E-state index in [9.17, 15) is 9.59 Å². The van der Waals surface area contributed by atoms with E-state index in [1.165, 1.54) is 16.7 Å². The molecule has 2 rings (SSSR count). The van der Waals surface area contributed by atoms with Gasteiger partial charge in [-0.1, -0.05) is 0 Å². The monoisotopic (exact) mass is 337 g/mol. The fraction of sp³-hybridized carbons (Fsp3) is 0.529. The average Bonchev–Trinajstić information content (AvgIpc) is 2.77. The first-order valence-electron chi connectivity index (χ1n) is 7.47. The summed E-state index contributed by atoms with van der Waals surface area (Å²) in [5.41, 5.74) is 0.382. The van der Waals surface area contributed by atoms with Gasteiger partial charge >= 0.3 is 12.1 Å². The van der Waals surface area contributed by atoms with Gasteiger partial charge in [-0.2, -0.15) is 0 Å². The summed E-state index contributed by atoms with van der Waals surface area (Å²) in [5, 5.41) is 0. The average molecular weight is 337 g/mol. The number of fused-ring (bicyclic) bond motifs is 1. The predicted octanol–water partition coefficient (Wildman–Crippen LogP) is 3.98. The lowest BCUT2D eigenvalue weighted by atomic mass is 10.1. The van der Waals surface area contributed by atoms with Gasteiger partial charge in [0.25, 0.3) is 0 Å². The van der Waals surface area contributed by atoms with Gasteiger partial charge in [0.05, 0.1) is 5.57 Å². The first kappa shape index (κ1) is 17.7. The van der Waals surface area contributed by atoms with Crippen LogP contribution in [0, 0.1) is 0 Å². The fourth-order valence-corrected chi connectivity index (χ4v) is 3.11. The molecule has 0 aromatic heterocycles. The second-order valence-electron chi connectivity index (χ2n) is 7.38. The van der Waals surface area contributed by atoms with Crippen LogP contribution >= 0.6 is 11.8 Å². The van der Waals surface area contributed by atoms with Crippen molar-refractivity contribution in [1.29, 1.82) is 0 Å². The number of carbonyl (C=O) groups excluding carboxylic acids is 2. The number of rotatable bonds is 1. The molecule has 0 saturated carbocycles. The third kappa shape index (κ3) is 4.64. The van der Waals surface area contributed by atoms with Crippen molar-refractivity contribution in [2.24, 2.45) is 0 Å². The number of allylic oxidation sites excluding steroid dienone is 2. The van der Waals surface area contributed by atoms with Crippen LogP contribution in [0.15, 0.2) is 34.5 Å². The van der Waals surface area contributed by atoms with Crippen LogP contribution in [0.25, 0.3) is 0 Å². The van der Waals surface area contributed by atoms with Gasteiger partial charge in [0.2, 0.25) is 0 Å². The third-order valence-corrected chi connectivity index (χ3v) is 3.94. The molecule has 0 fully saturated rings. The van der Waals surface area contributed by atoms with E-state index < -0.39 is 17.3 Å². The van der Waals surface area contributed by atoms with Gasteiger partial charge in [0, 0.05) is 28.6 Å². The van der Waals surface area contributed by atoms with Gasteiger partial charge in [-0.15, -0.1) is 11.8 Å². The molecule has 0 N–H and O–H groups in total. The van der Waals surface area contributed by atoms with Crippen molar-refractivity contribution >= 4 is 23.8 Å². The third-order valence-electron chi connectivity index (χ3n) is 2.87. The largest absolute Gasteiger partial charge is 0.457 e. The number of amides is 1. The normalized spacial score (nSPS) is 17.8. The number of hydrogen-bond acceptors (Lipinski definition) is 5. The minimum atomic E-state index is -0.552. The number of hydrogen-bond donors (Lipinski definition) is 0. The van der Waals surface area contributed by atoms with Crippen molar-refractivity contribution in [2.45, 2.75) is 52.7 Å². The molecule has 2 aliphatic rings. The van der Waals surface area contributed by atoms with E-state index in [0.29, 0.717) is 11.3 Å². The van der Waals surface area contributed by atoms with E-state index in [-0.39, 0.29) is 5.97 Å². The Morgan fingerprint density at radius 1 is 1.09 bits per heavy atom. The Bertz CT molecular complexity index is 617. The highest BCUT2D eigenvalue weighted by molar-refractivity contribution is 8.03. The van der Waals surface area contributed by atoms with Gasteiger partial charge in [-0.05, 0) is 47.6 Å². The minimum Gasteiger partial charge on any atom is -0.457 e. The topological polar surface area (TPSA) is 55.8 Å². The van der Waals surface area contributed by atoms with Gasteiger partial charge in [0.15, 0.2) is 0 Å². The summed E-state index contributed by atoms with van der Waals surface area (Å²) < 4.78 is 10.8. The number of ether oxygens (including phenoxy) is 2. The van der Waals surface area contributed by atoms with Gasteiger partial charge in [-0.25, -0.2) is 9.59 Å². The standard InChI is InChI=1S/C17H23NO4S/c1-16(2,3)21-14(19)12-10-23-13-9-18(8-7-11(12)13)15(20)22-17(4,5)6/h7-9H,10H2,1-6H3. The summed E-state index contributed by atoms with van der Waals surface area (Å²) in [6.07, 6.45) is 4.64. The molecular weight excluding hydrogens is 314 g/mol. The van der Waals surface area contributed by atoms with E-state index in [2.05, 4.69) is 0 Å². The van der Waals surface area contributed by atoms with Gasteiger partial charge in [-0.3, -0.25) is 4.90 Å². The molecule has 6 heteroatoms. The molecule has 0 aromatic carbocycles. The van der Waals surface area contributed by atoms with Crippen LogP contribution in [-0.4, -0.2) is 33.9 Å². The Morgan fingerprint density at radius 2 is 1.70 bits per heavy atom. The number of nitrogens with zero attached hydrogens (tertiary/aromatic N) is 1. The van der Waals surface area contributed by atoms with Crippen molar-refractivity contribution in [2.75, 3.05) is 5.75 Å². The Balaban J connectivity index is 2.16. The van der Waals surface area contributed by atoms with Crippen molar-refractivity contribution < 1.29 is 19.1 Å². The summed E-state index contributed by atoms with van der Waals surface area (Å²) in [4.78, 5) is 26.6. The maximum atomic E-state index is 12.3. The first-order valence-corrected chi connectivity index (χ1v) is 8.46. The van der Waals surface area contributed by atoms with Crippen LogP contribution in [0.5, 0.6) is 0 Å². The quantitative estimate of drug-likeness (QED) is 0.678. The molecule has 126 valence electrons. The van der Waals surface area contributed by atoms with Crippen LogP contribution in [0.4, 0.5) is 4.79 Å². The van der Waals surface area contributed by atoms with E-state index in [1.54, 1.807) is 18.5 Å². The molecule has 0 saturated heterocycles. The van der Waals surface area contributed by atoms with E-state index >= 15 is 0 Å². The smallest absolute Gasteiger partial charge is 0.418 e. The predicted molar refractivity (Wildman–Crippen MR) is 90.6 cm³/mol. The highest BCUT2D eigenvalue weighted by Crippen LogP contribution is 2.40. The van der Waals surface area contributed by atoms with Crippen molar-refractivity contribution in [3.63, 3.8) is 0 Å². The zero-order chi connectivity index (χ0) is 17.4. The second-order valence-corrected chi connectivity index (χ2v) is 8.40. The maximum absolute atomic E-state index is 12.3. The van der Waals surface area contributed by atoms with Crippen LogP contribution < -0.4 is 0 Å². The molecule has 5 nitrogen and oxygen atoms in total. The Morgan fingerprint density at radius 3 is 2.26 bits per heavy atom. The first-order chi connectivity index (χ1) is 10.5. The van der Waals surface area contributed by atoms with Crippen LogP contribution in [0.2, 0.25) is 0 Å². The summed E-state index contributed by atoms with van der Waals surface area (Å²) in [6.45, 7) is 11.0. The van der Waals surface area contributed by atoms with Crippen molar-refractivity contribution in [3.05, 3.63) is 34.5 Å². The lowest BCUT2D eigenvalue weighted by Gasteiger charge is -2.25. The molecule has 2 heterocycles. The second kappa shape index (κ2) is 6.07. The zero-order valence-electron chi connectivity index (χ0n) is 14.4. The summed E-state index contributed by atoms with van der Waals surface area (Å²) in [7, 11) is 0. The molecule has 0 spiro atoms. The SMILES string of the molecule is CC(C)(C)OC(=O)C1=C2C=CN(C(=O)OC(C)(C)C)C=C2SC1. The van der Waals surface area contributed by atoms with Crippen LogP contribution in [0.1, 0.15) is 41.5 Å². The van der Waals surface area contributed by atoms with Gasteiger partial charge < -0.3 is 9.47 Å². The Kier molecular flexibility index (Phi) is 4.66. The zero-order valence-corrected chi connectivity index (χ0v) is 15.2. The van der Waals surface area contributed by atoms with E-state index in [0.717, 1.165) is 10.5 Å². The lowest BCUT2D eigenvalue weighted by molar-refractivity contribution is -0.149. The van der Waals surface area contributed by atoms with Crippen LogP contribution in [0.3, 0.4) is 0 Å². The summed E-state index contributed by atoms with van der Waals surface area (Å²) >= 11 is 1.51. The fourth-order valence-electron chi connectivity index (χ4n) is 2.00. The van der Waals surface area contributed by atoms with Crippen molar-refractivity contribution in [3.8, 4) is 0 Å². The maximum Gasteiger partial charge on any atom is 0.418 e. The highest BCUT2D eigenvalue weighted by Gasteiger charge is 2.31. The van der Waals surface area contributed by atoms with E-state index in [4.69, 9.17) is 9.47 Å². The van der Waals surface area contributed by atoms with Crippen LogP contribution in [-0.2, 0) is 14.3 Å². The molecule has 0 aliphatic carbocycles. The molecule has 2 aliphatic heterocycles.